The van der Waals surface area contributed by atoms with Crippen molar-refractivity contribution in [3.8, 4) is 6.07 Å². The fraction of sp³-hybridized carbons (Fsp3) is 0. The van der Waals surface area contributed by atoms with Crippen LogP contribution in [0.4, 0.5) is 15.9 Å². The van der Waals surface area contributed by atoms with Gasteiger partial charge in [0, 0.05) is 16.4 Å². The molecule has 0 radical (unpaired) electrons. The van der Waals surface area contributed by atoms with Crippen LogP contribution in [0.1, 0.15) is 5.56 Å². The number of aromatic nitrogens is 1. The zero-order valence-corrected chi connectivity index (χ0v) is 12.1. The molecule has 2 aromatic rings. The zero-order chi connectivity index (χ0) is 13.1. The molecule has 1 heterocycles. The Morgan fingerprint density at radius 3 is 2.72 bits per heavy atom. The van der Waals surface area contributed by atoms with Crippen LogP contribution in [0.15, 0.2) is 39.4 Å². The lowest BCUT2D eigenvalue weighted by Crippen LogP contribution is -1.96. The number of hydrogen-bond acceptors (Lipinski definition) is 3. The van der Waals surface area contributed by atoms with Gasteiger partial charge in [0.15, 0.2) is 0 Å². The van der Waals surface area contributed by atoms with Crippen LogP contribution in [0.5, 0.6) is 0 Å². The molecule has 0 spiro atoms. The number of anilines is 2. The van der Waals surface area contributed by atoms with Gasteiger partial charge in [-0.1, -0.05) is 0 Å². The molecule has 0 aliphatic carbocycles. The van der Waals surface area contributed by atoms with Crippen molar-refractivity contribution in [3.05, 3.63) is 50.8 Å². The molecule has 0 aliphatic heterocycles. The third kappa shape index (κ3) is 2.86. The summed E-state index contributed by atoms with van der Waals surface area (Å²) in [5, 5.41) is 11.8. The summed E-state index contributed by atoms with van der Waals surface area (Å²) in [6, 6.07) is 7.86. The Morgan fingerprint density at radius 1 is 1.28 bits per heavy atom. The van der Waals surface area contributed by atoms with E-state index in [1.54, 1.807) is 18.3 Å². The van der Waals surface area contributed by atoms with E-state index >= 15 is 0 Å². The molecule has 0 atom stereocenters. The normalized spacial score (nSPS) is 9.89. The summed E-state index contributed by atoms with van der Waals surface area (Å²) in [4.78, 5) is 4.17. The molecule has 90 valence electrons. The van der Waals surface area contributed by atoms with E-state index in [1.165, 1.54) is 12.1 Å². The van der Waals surface area contributed by atoms with Gasteiger partial charge >= 0.3 is 0 Å². The van der Waals surface area contributed by atoms with Gasteiger partial charge in [0.05, 0.1) is 10.0 Å². The molecule has 1 aromatic carbocycles. The first-order valence-corrected chi connectivity index (χ1v) is 6.46. The van der Waals surface area contributed by atoms with Crippen LogP contribution in [0.25, 0.3) is 0 Å². The average molecular weight is 371 g/mol. The van der Waals surface area contributed by atoms with Crippen LogP contribution in [0.2, 0.25) is 0 Å². The molecule has 18 heavy (non-hydrogen) atoms. The molecule has 1 N–H and O–H groups in total. The number of rotatable bonds is 2. The average Bonchev–Trinajstić information content (AvgIpc) is 2.35. The smallest absolute Gasteiger partial charge is 0.144 e. The van der Waals surface area contributed by atoms with Crippen molar-refractivity contribution in [2.24, 2.45) is 0 Å². The van der Waals surface area contributed by atoms with Gasteiger partial charge in [0.25, 0.3) is 0 Å². The van der Waals surface area contributed by atoms with E-state index in [1.807, 2.05) is 6.07 Å². The Morgan fingerprint density at radius 2 is 2.06 bits per heavy atom. The number of pyridine rings is 1. The van der Waals surface area contributed by atoms with Crippen molar-refractivity contribution in [3.63, 3.8) is 0 Å². The van der Waals surface area contributed by atoms with Gasteiger partial charge in [0.2, 0.25) is 0 Å². The van der Waals surface area contributed by atoms with Crippen molar-refractivity contribution in [2.75, 3.05) is 5.32 Å². The molecular formula is C12H6Br2FN3. The molecule has 0 fully saturated rings. The van der Waals surface area contributed by atoms with E-state index in [9.17, 15) is 4.39 Å². The summed E-state index contributed by atoms with van der Waals surface area (Å²) in [6.07, 6.45) is 1.64. The topological polar surface area (TPSA) is 48.7 Å². The highest BCUT2D eigenvalue weighted by Gasteiger charge is 2.06. The number of nitriles is 1. The minimum Gasteiger partial charge on any atom is -0.339 e. The Labute approximate surface area is 120 Å². The molecule has 1 aromatic heterocycles. The number of nitrogens with zero attached hydrogens (tertiary/aromatic N) is 2. The van der Waals surface area contributed by atoms with Crippen molar-refractivity contribution in [2.45, 2.75) is 0 Å². The first-order chi connectivity index (χ1) is 8.60. The second kappa shape index (κ2) is 5.46. The number of nitrogens with one attached hydrogen (secondary N) is 1. The third-order valence-corrected chi connectivity index (χ3v) is 3.20. The van der Waals surface area contributed by atoms with Gasteiger partial charge < -0.3 is 5.32 Å². The maximum absolute atomic E-state index is 13.2. The number of benzene rings is 1. The molecule has 0 amide bonds. The van der Waals surface area contributed by atoms with Crippen LogP contribution in [0, 0.1) is 17.1 Å². The lowest BCUT2D eigenvalue weighted by atomic mass is 10.2. The summed E-state index contributed by atoms with van der Waals surface area (Å²) < 4.78 is 14.8. The SMILES string of the molecule is N#Cc1cc(Nc2ncc(Br)cc2Br)ccc1F. The molecule has 0 saturated carbocycles. The number of halogens is 3. The van der Waals surface area contributed by atoms with Crippen LogP contribution >= 0.6 is 31.9 Å². The minimum absolute atomic E-state index is 0.00626. The van der Waals surface area contributed by atoms with Gasteiger partial charge in [-0.2, -0.15) is 5.26 Å². The quantitative estimate of drug-likeness (QED) is 0.854. The second-order valence-electron chi connectivity index (χ2n) is 3.42. The molecular weight excluding hydrogens is 365 g/mol. The monoisotopic (exact) mass is 369 g/mol. The largest absolute Gasteiger partial charge is 0.339 e. The van der Waals surface area contributed by atoms with E-state index in [0.717, 1.165) is 8.95 Å². The highest BCUT2D eigenvalue weighted by molar-refractivity contribution is 9.11. The Hall–Kier alpha value is -1.45. The summed E-state index contributed by atoms with van der Waals surface area (Å²) >= 11 is 6.66. The highest BCUT2D eigenvalue weighted by Crippen LogP contribution is 2.26. The molecule has 0 saturated heterocycles. The molecule has 0 unspecified atom stereocenters. The van der Waals surface area contributed by atoms with Crippen LogP contribution in [0.3, 0.4) is 0 Å². The number of hydrogen-bond donors (Lipinski definition) is 1. The molecule has 6 heteroatoms. The van der Waals surface area contributed by atoms with Crippen molar-refractivity contribution in [1.29, 1.82) is 5.26 Å². The molecule has 2 rings (SSSR count). The maximum Gasteiger partial charge on any atom is 0.144 e. The van der Waals surface area contributed by atoms with Crippen LogP contribution in [-0.2, 0) is 0 Å². The van der Waals surface area contributed by atoms with E-state index in [2.05, 4.69) is 42.2 Å². The summed E-state index contributed by atoms with van der Waals surface area (Å²) in [5.41, 5.74) is 0.594. The Kier molecular flexibility index (Phi) is 3.94. The molecule has 0 aliphatic rings. The predicted molar refractivity (Wildman–Crippen MR) is 74.0 cm³/mol. The fourth-order valence-corrected chi connectivity index (χ4v) is 2.42. The Bertz CT molecular complexity index is 638. The van der Waals surface area contributed by atoms with Gasteiger partial charge in [-0.25, -0.2) is 9.37 Å². The van der Waals surface area contributed by atoms with Gasteiger partial charge in [-0.05, 0) is 56.1 Å². The second-order valence-corrected chi connectivity index (χ2v) is 5.19. The Balaban J connectivity index is 2.32. The summed E-state index contributed by atoms with van der Waals surface area (Å²) in [5.74, 6) is 0.0552. The third-order valence-electron chi connectivity index (χ3n) is 2.16. The van der Waals surface area contributed by atoms with Gasteiger partial charge in [-0.15, -0.1) is 0 Å². The van der Waals surface area contributed by atoms with Crippen molar-refractivity contribution in [1.82, 2.24) is 4.98 Å². The first-order valence-electron chi connectivity index (χ1n) is 4.88. The lowest BCUT2D eigenvalue weighted by molar-refractivity contribution is 0.624. The van der Waals surface area contributed by atoms with Crippen LogP contribution < -0.4 is 5.32 Å². The lowest BCUT2D eigenvalue weighted by Gasteiger charge is -2.08. The van der Waals surface area contributed by atoms with E-state index in [-0.39, 0.29) is 5.56 Å². The maximum atomic E-state index is 13.2. The van der Waals surface area contributed by atoms with Crippen molar-refractivity contribution < 1.29 is 4.39 Å². The van der Waals surface area contributed by atoms with Gasteiger partial charge in [0.1, 0.15) is 17.7 Å². The predicted octanol–water partition coefficient (Wildman–Crippen LogP) is 4.36. The first kappa shape index (κ1) is 13.0. The standard InChI is InChI=1S/C12H6Br2FN3/c13-8-4-10(14)12(17-6-8)18-9-1-2-11(15)7(3-9)5-16/h1-4,6H,(H,17,18). The highest BCUT2D eigenvalue weighted by atomic mass is 79.9. The van der Waals surface area contributed by atoms with Crippen LogP contribution in [-0.4, -0.2) is 4.98 Å². The van der Waals surface area contributed by atoms with Crippen molar-refractivity contribution >= 4 is 43.4 Å². The molecule has 3 nitrogen and oxygen atoms in total. The minimum atomic E-state index is -0.536. The van der Waals surface area contributed by atoms with Gasteiger partial charge in [-0.3, -0.25) is 0 Å². The zero-order valence-electron chi connectivity index (χ0n) is 8.92. The van der Waals surface area contributed by atoms with E-state index in [4.69, 9.17) is 5.26 Å². The van der Waals surface area contributed by atoms with E-state index < -0.39 is 5.82 Å². The summed E-state index contributed by atoms with van der Waals surface area (Å²) in [6.45, 7) is 0. The fourth-order valence-electron chi connectivity index (χ4n) is 1.33. The van der Waals surface area contributed by atoms with E-state index in [0.29, 0.717) is 11.5 Å². The summed E-state index contributed by atoms with van der Waals surface area (Å²) in [7, 11) is 0. The molecule has 0 bridgehead atoms.